The molecular weight excluding hydrogens is 656 g/mol. The Kier molecular flexibility index (Phi) is 12.9. The largest absolute Gasteiger partial charge is 0.507 e. The number of phenols is 1. The third kappa shape index (κ3) is 10.1. The summed E-state index contributed by atoms with van der Waals surface area (Å²) in [6.07, 6.45) is -6.84. The van der Waals surface area contributed by atoms with E-state index in [0.29, 0.717) is 0 Å². The van der Waals surface area contributed by atoms with E-state index in [9.17, 15) is 42.3 Å². The molecule has 48 heavy (non-hydrogen) atoms. The number of ether oxygens (including phenoxy) is 2. The van der Waals surface area contributed by atoms with Gasteiger partial charge in [-0.15, -0.1) is 0 Å². The van der Waals surface area contributed by atoms with Crippen LogP contribution in [0.25, 0.3) is 0 Å². The molecule has 0 aliphatic carbocycles. The number of aliphatic carboxylic acids is 1. The van der Waals surface area contributed by atoms with Crippen molar-refractivity contribution in [3.63, 3.8) is 0 Å². The van der Waals surface area contributed by atoms with Crippen molar-refractivity contribution in [2.24, 2.45) is 5.41 Å². The van der Waals surface area contributed by atoms with Crippen molar-refractivity contribution in [3.8, 4) is 5.75 Å². The number of carboxylic acid groups (broad SMARTS) is 1. The Hall–Kier alpha value is -2.83. The quantitative estimate of drug-likeness (QED) is 0.181. The van der Waals surface area contributed by atoms with Gasteiger partial charge in [-0.3, -0.25) is 14.3 Å². The molecule has 0 spiro atoms. The molecule has 1 aromatic carbocycles. The van der Waals surface area contributed by atoms with Crippen molar-refractivity contribution >= 4 is 25.5 Å². The molecule has 0 saturated carbocycles. The van der Waals surface area contributed by atoms with Crippen LogP contribution in [0.15, 0.2) is 18.2 Å². The van der Waals surface area contributed by atoms with Gasteiger partial charge in [0.15, 0.2) is 5.16 Å². The van der Waals surface area contributed by atoms with E-state index in [-0.39, 0.29) is 57.2 Å². The number of rotatable bonds is 10. The molecule has 1 aliphatic heterocycles. The lowest BCUT2D eigenvalue weighted by molar-refractivity contribution is -0.146. The number of carbonyl (C=O) groups excluding carboxylic acids is 2. The van der Waals surface area contributed by atoms with Crippen molar-refractivity contribution < 1.29 is 56.3 Å². The molecule has 15 heteroatoms. The van der Waals surface area contributed by atoms with Crippen molar-refractivity contribution in [3.05, 3.63) is 29.3 Å². The molecule has 1 aliphatic rings. The van der Waals surface area contributed by atoms with E-state index in [4.69, 9.17) is 14.0 Å². The van der Waals surface area contributed by atoms with Crippen molar-refractivity contribution in [1.29, 1.82) is 0 Å². The Labute approximate surface area is 281 Å². The van der Waals surface area contributed by atoms with E-state index in [1.165, 1.54) is 6.07 Å². The van der Waals surface area contributed by atoms with Crippen LogP contribution in [0.4, 0.5) is 22.8 Å². The number of hydrogen-bond donors (Lipinski definition) is 2. The van der Waals surface area contributed by atoms with Gasteiger partial charge in [0, 0.05) is 31.8 Å². The van der Waals surface area contributed by atoms with E-state index in [1.54, 1.807) is 74.1 Å². The van der Waals surface area contributed by atoms with Crippen LogP contribution in [0.2, 0.25) is 0 Å². The lowest BCUT2D eigenvalue weighted by atomic mass is 9.74. The molecule has 3 unspecified atom stereocenters. The average molecular weight is 709 g/mol. The van der Waals surface area contributed by atoms with Crippen molar-refractivity contribution in [2.45, 2.75) is 124 Å². The molecule has 1 aromatic rings. The summed E-state index contributed by atoms with van der Waals surface area (Å²) in [5.74, 6) is -2.30. The maximum Gasteiger partial charge on any atom is 0.419 e. The highest BCUT2D eigenvalue weighted by molar-refractivity contribution is 7.62. The zero-order valence-electron chi connectivity index (χ0n) is 29.7. The normalized spacial score (nSPS) is 22.6. The maximum atomic E-state index is 14.7. The zero-order valence-corrected chi connectivity index (χ0v) is 30.6. The Balaban J connectivity index is 2.53. The molecule has 1 heterocycles. The second-order valence-corrected chi connectivity index (χ2v) is 18.1. The van der Waals surface area contributed by atoms with Gasteiger partial charge in [0.25, 0.3) is 0 Å². The number of imide groups is 1. The molecule has 0 aromatic heterocycles. The molecule has 2 N–H and O–H groups in total. The topological polar surface area (TPSA) is 143 Å². The predicted molar refractivity (Wildman–Crippen MR) is 174 cm³/mol. The van der Waals surface area contributed by atoms with Gasteiger partial charge in [0.05, 0.1) is 12.2 Å². The summed E-state index contributed by atoms with van der Waals surface area (Å²) >= 11 is 0. The van der Waals surface area contributed by atoms with Crippen LogP contribution in [0, 0.1) is 5.41 Å². The van der Waals surface area contributed by atoms with Gasteiger partial charge in [-0.05, 0) is 90.8 Å². The molecule has 2 rings (SSSR count). The van der Waals surface area contributed by atoms with E-state index >= 15 is 0 Å². The SMILES string of the molecule is CCOP1(=O)CCN(Cc2ccc(O)c(C(F)(F)F)c2)C(C(C)(C)C)C1(CCCCN(C(=O)OC(C)(C)C)C(=O)OC(C)(C)C)C(=O)O. The first-order valence-corrected chi connectivity index (χ1v) is 17.8. The minimum absolute atomic E-state index is 0.0266. The molecule has 2 amide bonds. The number of carboxylic acids is 1. The number of amides is 2. The summed E-state index contributed by atoms with van der Waals surface area (Å²) in [6, 6.07) is 2.14. The van der Waals surface area contributed by atoms with Gasteiger partial charge in [-0.1, -0.05) is 26.8 Å². The molecule has 274 valence electrons. The van der Waals surface area contributed by atoms with Gasteiger partial charge in [-0.2, -0.15) is 13.2 Å². The Morgan fingerprint density at radius 1 is 0.979 bits per heavy atom. The highest BCUT2D eigenvalue weighted by Crippen LogP contribution is 2.67. The van der Waals surface area contributed by atoms with Crippen molar-refractivity contribution in [2.75, 3.05) is 25.9 Å². The van der Waals surface area contributed by atoms with E-state index < -0.39 is 70.8 Å². The minimum atomic E-state index is -4.81. The van der Waals surface area contributed by atoms with E-state index in [1.807, 2.05) is 0 Å². The van der Waals surface area contributed by atoms with Crippen LogP contribution in [-0.2, 0) is 36.1 Å². The molecule has 0 bridgehead atoms. The molecule has 3 atom stereocenters. The molecule has 1 fully saturated rings. The summed E-state index contributed by atoms with van der Waals surface area (Å²) in [4.78, 5) is 42.0. The number of benzene rings is 1. The summed E-state index contributed by atoms with van der Waals surface area (Å²) < 4.78 is 72.2. The van der Waals surface area contributed by atoms with Gasteiger partial charge in [0.2, 0.25) is 7.37 Å². The Morgan fingerprint density at radius 3 is 1.96 bits per heavy atom. The fourth-order valence-electron chi connectivity index (χ4n) is 6.28. The van der Waals surface area contributed by atoms with Crippen LogP contribution in [0.3, 0.4) is 0 Å². The fraction of sp³-hybridized carbons (Fsp3) is 0.727. The summed E-state index contributed by atoms with van der Waals surface area (Å²) in [5.41, 5.74) is -3.73. The Morgan fingerprint density at radius 2 is 1.52 bits per heavy atom. The van der Waals surface area contributed by atoms with Crippen molar-refractivity contribution in [1.82, 2.24) is 9.80 Å². The smallest absolute Gasteiger partial charge is 0.419 e. The first kappa shape index (κ1) is 41.3. The lowest BCUT2D eigenvalue weighted by Crippen LogP contribution is -2.66. The molecule has 11 nitrogen and oxygen atoms in total. The van der Waals surface area contributed by atoms with Crippen LogP contribution in [0.5, 0.6) is 5.75 Å². The van der Waals surface area contributed by atoms with E-state index in [2.05, 4.69) is 0 Å². The standard InChI is InChI=1S/C33H52F3N2O9P/c1-11-45-48(44)19-18-37(21-22-14-15-24(39)23(20-22)33(34,35)36)25(29(2,3)4)32(48,26(40)41)16-12-13-17-38(27(42)46-30(5,6)7)28(43)47-31(8,9)10/h14-15,20,25,39H,11-13,16-19,21H2,1-10H3,(H,40,41). The zero-order chi connectivity index (χ0) is 37.1. The van der Waals surface area contributed by atoms with Gasteiger partial charge < -0.3 is 24.2 Å². The average Bonchev–Trinajstić information content (AvgIpc) is 2.87. The molecule has 1 saturated heterocycles. The number of unbranched alkanes of at least 4 members (excludes halogenated alkanes) is 1. The lowest BCUT2D eigenvalue weighted by Gasteiger charge is -2.55. The number of carbonyl (C=O) groups is 3. The van der Waals surface area contributed by atoms with Crippen LogP contribution in [-0.4, -0.2) is 86.4 Å². The third-order valence-corrected chi connectivity index (χ3v) is 11.1. The first-order chi connectivity index (χ1) is 21.7. The van der Waals surface area contributed by atoms with Gasteiger partial charge in [0.1, 0.15) is 17.0 Å². The first-order valence-electron chi connectivity index (χ1n) is 16.0. The second kappa shape index (κ2) is 15.0. The highest BCUT2D eigenvalue weighted by Gasteiger charge is 2.66. The number of hydrogen-bond acceptors (Lipinski definition) is 9. The number of aromatic hydroxyl groups is 1. The van der Waals surface area contributed by atoms with Gasteiger partial charge >= 0.3 is 24.3 Å². The van der Waals surface area contributed by atoms with Crippen LogP contribution >= 0.6 is 7.37 Å². The monoisotopic (exact) mass is 708 g/mol. The number of halogens is 3. The Bertz CT molecular complexity index is 1340. The van der Waals surface area contributed by atoms with E-state index in [0.717, 1.165) is 17.0 Å². The number of phenolic OH excluding ortho intramolecular Hbond substituents is 1. The molecule has 0 radical (unpaired) electrons. The van der Waals surface area contributed by atoms with Gasteiger partial charge in [-0.25, -0.2) is 14.5 Å². The number of alkyl halides is 3. The summed E-state index contributed by atoms with van der Waals surface area (Å²) in [6.45, 7) is 16.5. The third-order valence-electron chi connectivity index (χ3n) is 7.80. The summed E-state index contributed by atoms with van der Waals surface area (Å²) in [5, 5.41) is 18.8. The maximum absolute atomic E-state index is 14.7. The molecular formula is C33H52F3N2O9P. The van der Waals surface area contributed by atoms with Crippen LogP contribution < -0.4 is 0 Å². The second-order valence-electron chi connectivity index (χ2n) is 15.2. The van der Waals surface area contributed by atoms with Crippen LogP contribution in [0.1, 0.15) is 99.6 Å². The summed E-state index contributed by atoms with van der Waals surface area (Å²) in [7, 11) is -3.97. The highest BCUT2D eigenvalue weighted by atomic mass is 31.2. The predicted octanol–water partition coefficient (Wildman–Crippen LogP) is 8.12. The fourth-order valence-corrected chi connectivity index (χ4v) is 9.68. The minimum Gasteiger partial charge on any atom is -0.507 e. The number of nitrogens with zero attached hydrogens (tertiary/aromatic N) is 2.